The monoisotopic (exact) mass is 212 g/mol. The third-order valence-electron chi connectivity index (χ3n) is 4.30. The van der Waals surface area contributed by atoms with E-state index < -0.39 is 11.4 Å². The molecule has 0 amide bonds. The van der Waals surface area contributed by atoms with Gasteiger partial charge in [0.2, 0.25) is 0 Å². The van der Waals surface area contributed by atoms with Crippen LogP contribution < -0.4 is 0 Å². The van der Waals surface area contributed by atoms with E-state index in [1.54, 1.807) is 0 Å². The molecule has 2 rings (SSSR count). The standard InChI is InChI=1S/C12H20O3/c1-9-2-5-12(6-3-9,11(13)14)10-4-7-15-8-10/h9-10H,2-8H2,1H3,(H,13,14). The average Bonchev–Trinajstić information content (AvgIpc) is 2.72. The molecule has 0 aromatic carbocycles. The molecule has 1 N–H and O–H groups in total. The van der Waals surface area contributed by atoms with Gasteiger partial charge in [-0.05, 0) is 38.0 Å². The lowest BCUT2D eigenvalue weighted by atomic mass is 9.63. The number of hydrogen-bond donors (Lipinski definition) is 1. The Morgan fingerprint density at radius 2 is 2.00 bits per heavy atom. The first kappa shape index (κ1) is 10.9. The molecule has 0 radical (unpaired) electrons. The SMILES string of the molecule is CC1CCC(C(=O)O)(C2CCOC2)CC1. The van der Waals surface area contributed by atoms with E-state index in [0.29, 0.717) is 12.5 Å². The molecule has 0 bridgehead atoms. The fourth-order valence-corrected chi connectivity index (χ4v) is 3.04. The molecule has 2 fully saturated rings. The lowest BCUT2D eigenvalue weighted by Crippen LogP contribution is -2.42. The molecule has 3 nitrogen and oxygen atoms in total. The van der Waals surface area contributed by atoms with Gasteiger partial charge in [-0.3, -0.25) is 4.79 Å². The lowest BCUT2D eigenvalue weighted by molar-refractivity contribution is -0.156. The summed E-state index contributed by atoms with van der Waals surface area (Å²) in [6.07, 6.45) is 4.74. The van der Waals surface area contributed by atoms with E-state index in [1.165, 1.54) is 0 Å². The minimum atomic E-state index is -0.593. The van der Waals surface area contributed by atoms with Crippen LogP contribution >= 0.6 is 0 Å². The van der Waals surface area contributed by atoms with Crippen LogP contribution in [0.4, 0.5) is 0 Å². The molecule has 86 valence electrons. The Labute approximate surface area is 90.8 Å². The van der Waals surface area contributed by atoms with Gasteiger partial charge in [0, 0.05) is 12.5 Å². The van der Waals surface area contributed by atoms with Crippen LogP contribution in [-0.2, 0) is 9.53 Å². The smallest absolute Gasteiger partial charge is 0.310 e. The largest absolute Gasteiger partial charge is 0.481 e. The van der Waals surface area contributed by atoms with Gasteiger partial charge in [0.1, 0.15) is 0 Å². The van der Waals surface area contributed by atoms with Crippen molar-refractivity contribution in [1.82, 2.24) is 0 Å². The molecule has 0 spiro atoms. The van der Waals surface area contributed by atoms with Crippen molar-refractivity contribution in [1.29, 1.82) is 0 Å². The minimum absolute atomic E-state index is 0.252. The van der Waals surface area contributed by atoms with Crippen LogP contribution in [0.2, 0.25) is 0 Å². The quantitative estimate of drug-likeness (QED) is 0.764. The van der Waals surface area contributed by atoms with Gasteiger partial charge in [0.05, 0.1) is 12.0 Å². The topological polar surface area (TPSA) is 46.5 Å². The van der Waals surface area contributed by atoms with Crippen LogP contribution in [0.15, 0.2) is 0 Å². The van der Waals surface area contributed by atoms with Crippen molar-refractivity contribution in [2.45, 2.75) is 39.0 Å². The Hall–Kier alpha value is -0.570. The molecule has 15 heavy (non-hydrogen) atoms. The summed E-state index contributed by atoms with van der Waals surface area (Å²) >= 11 is 0. The van der Waals surface area contributed by atoms with Crippen molar-refractivity contribution in [2.24, 2.45) is 17.3 Å². The second-order valence-electron chi connectivity index (χ2n) is 5.20. The van der Waals surface area contributed by atoms with Crippen LogP contribution in [0.5, 0.6) is 0 Å². The molecule has 1 aliphatic carbocycles. The Morgan fingerprint density at radius 1 is 1.33 bits per heavy atom. The molecule has 3 heteroatoms. The highest BCUT2D eigenvalue weighted by atomic mass is 16.5. The first-order chi connectivity index (χ1) is 7.15. The summed E-state index contributed by atoms with van der Waals surface area (Å²) < 4.78 is 5.35. The molecule has 1 heterocycles. The fraction of sp³-hybridized carbons (Fsp3) is 0.917. The first-order valence-corrected chi connectivity index (χ1v) is 5.96. The zero-order chi connectivity index (χ0) is 10.9. The maximum absolute atomic E-state index is 11.5. The van der Waals surface area contributed by atoms with E-state index in [-0.39, 0.29) is 5.92 Å². The summed E-state index contributed by atoms with van der Waals surface area (Å²) in [6, 6.07) is 0. The normalized spacial score (nSPS) is 41.7. The van der Waals surface area contributed by atoms with Gasteiger partial charge < -0.3 is 9.84 Å². The zero-order valence-electron chi connectivity index (χ0n) is 9.37. The summed E-state index contributed by atoms with van der Waals surface area (Å²) in [5.41, 5.74) is -0.469. The van der Waals surface area contributed by atoms with E-state index >= 15 is 0 Å². The highest BCUT2D eigenvalue weighted by molar-refractivity contribution is 5.75. The van der Waals surface area contributed by atoms with E-state index in [0.717, 1.165) is 38.7 Å². The number of carboxylic acids is 1. The number of aliphatic carboxylic acids is 1. The second kappa shape index (κ2) is 4.12. The second-order valence-corrected chi connectivity index (χ2v) is 5.20. The Bertz CT molecular complexity index is 235. The van der Waals surface area contributed by atoms with Crippen LogP contribution in [0, 0.1) is 17.3 Å². The summed E-state index contributed by atoms with van der Waals surface area (Å²) in [7, 11) is 0. The predicted octanol–water partition coefficient (Wildman–Crippen LogP) is 2.30. The maximum Gasteiger partial charge on any atom is 0.310 e. The van der Waals surface area contributed by atoms with Gasteiger partial charge in [-0.25, -0.2) is 0 Å². The fourth-order valence-electron chi connectivity index (χ4n) is 3.04. The Kier molecular flexibility index (Phi) is 3.01. The molecule has 1 aliphatic heterocycles. The number of hydrogen-bond acceptors (Lipinski definition) is 2. The Balaban J connectivity index is 2.13. The molecular formula is C12H20O3. The summed E-state index contributed by atoms with van der Waals surface area (Å²) in [5, 5.41) is 9.48. The zero-order valence-corrected chi connectivity index (χ0v) is 9.37. The molecule has 0 aromatic rings. The van der Waals surface area contributed by atoms with Gasteiger partial charge in [0.25, 0.3) is 0 Å². The summed E-state index contributed by atoms with van der Waals surface area (Å²) in [6.45, 7) is 3.62. The first-order valence-electron chi connectivity index (χ1n) is 5.96. The molecule has 1 saturated carbocycles. The third kappa shape index (κ3) is 1.89. The number of carboxylic acid groups (broad SMARTS) is 1. The lowest BCUT2D eigenvalue weighted by Gasteiger charge is -2.39. The van der Waals surface area contributed by atoms with Gasteiger partial charge in [-0.15, -0.1) is 0 Å². The van der Waals surface area contributed by atoms with Gasteiger partial charge in [0.15, 0.2) is 0 Å². The van der Waals surface area contributed by atoms with E-state index in [9.17, 15) is 9.90 Å². The van der Waals surface area contributed by atoms with Crippen LogP contribution in [0.25, 0.3) is 0 Å². The van der Waals surface area contributed by atoms with Crippen molar-refractivity contribution in [3.63, 3.8) is 0 Å². The van der Waals surface area contributed by atoms with Crippen LogP contribution in [-0.4, -0.2) is 24.3 Å². The van der Waals surface area contributed by atoms with Crippen molar-refractivity contribution in [3.05, 3.63) is 0 Å². The average molecular weight is 212 g/mol. The molecule has 1 atom stereocenters. The van der Waals surface area contributed by atoms with E-state index in [4.69, 9.17) is 4.74 Å². The summed E-state index contributed by atoms with van der Waals surface area (Å²) in [5.74, 6) is 0.354. The third-order valence-corrected chi connectivity index (χ3v) is 4.30. The molecule has 1 unspecified atom stereocenters. The van der Waals surface area contributed by atoms with Crippen molar-refractivity contribution in [3.8, 4) is 0 Å². The highest BCUT2D eigenvalue weighted by Gasteiger charge is 2.48. The predicted molar refractivity (Wildman–Crippen MR) is 56.6 cm³/mol. The highest BCUT2D eigenvalue weighted by Crippen LogP contribution is 2.47. The van der Waals surface area contributed by atoms with Crippen LogP contribution in [0.1, 0.15) is 39.0 Å². The number of rotatable bonds is 2. The van der Waals surface area contributed by atoms with E-state index in [1.807, 2.05) is 0 Å². The number of ether oxygens (including phenoxy) is 1. The maximum atomic E-state index is 11.5. The van der Waals surface area contributed by atoms with Gasteiger partial charge in [-0.1, -0.05) is 6.92 Å². The molecule has 2 aliphatic rings. The van der Waals surface area contributed by atoms with Crippen molar-refractivity contribution >= 4 is 5.97 Å². The van der Waals surface area contributed by atoms with Gasteiger partial charge >= 0.3 is 5.97 Å². The molecule has 0 aromatic heterocycles. The van der Waals surface area contributed by atoms with E-state index in [2.05, 4.69) is 6.92 Å². The van der Waals surface area contributed by atoms with Crippen molar-refractivity contribution in [2.75, 3.05) is 13.2 Å². The Morgan fingerprint density at radius 3 is 2.47 bits per heavy atom. The summed E-state index contributed by atoms with van der Waals surface area (Å²) in [4.78, 5) is 11.5. The molecular weight excluding hydrogens is 192 g/mol. The molecule has 1 saturated heterocycles. The van der Waals surface area contributed by atoms with Crippen LogP contribution in [0.3, 0.4) is 0 Å². The van der Waals surface area contributed by atoms with Crippen molar-refractivity contribution < 1.29 is 14.6 Å². The minimum Gasteiger partial charge on any atom is -0.481 e. The van der Waals surface area contributed by atoms with Gasteiger partial charge in [-0.2, -0.15) is 0 Å². The number of carbonyl (C=O) groups is 1.